The van der Waals surface area contributed by atoms with Crippen molar-refractivity contribution in [3.8, 4) is 21.1 Å². The first-order chi connectivity index (χ1) is 28.7. The lowest BCUT2D eigenvalue weighted by atomic mass is 10.1. The standard InChI is InChI=1S/C24H30N4O3S2.C20H19Cl2N3OS/c1-5-27(6-2)33(30,31)22-12-10-21(11-13-22)26-24(29)28(18(3)4)17-19-8-7-9-20(16-19)23-25-14-15-32-23;1-13(2)25(20(26)24-16-6-7-17(21)18(22)11-16)12-14-4-3-5-15(10-14)19-23-8-9-27-19/h7-16,18H,5-6,17H2,1-4H3,(H,26,29);3-11,13H,12H2,1-2H3,(H,24,26). The van der Waals surface area contributed by atoms with E-state index >= 15 is 0 Å². The van der Waals surface area contributed by atoms with Crippen molar-refractivity contribution in [3.05, 3.63) is 135 Å². The molecule has 316 valence electrons. The molecule has 2 N–H and O–H groups in total. The Bertz CT molecular complexity index is 2430. The summed E-state index contributed by atoms with van der Waals surface area (Å²) >= 11 is 15.1. The Kier molecular flexibility index (Phi) is 16.7. The maximum absolute atomic E-state index is 13.0. The molecule has 0 saturated heterocycles. The average molecular weight is 907 g/mol. The van der Waals surface area contributed by atoms with Crippen molar-refractivity contribution in [2.75, 3.05) is 23.7 Å². The number of hydrogen-bond donors (Lipinski definition) is 2. The van der Waals surface area contributed by atoms with Crippen LogP contribution < -0.4 is 10.6 Å². The van der Waals surface area contributed by atoms with Crippen LogP contribution in [0.4, 0.5) is 21.0 Å². The highest BCUT2D eigenvalue weighted by Gasteiger charge is 2.23. The second kappa shape index (κ2) is 21.6. The summed E-state index contributed by atoms with van der Waals surface area (Å²) in [5.74, 6) is 0. The monoisotopic (exact) mass is 905 g/mol. The second-order valence-corrected chi connectivity index (χ2v) is 18.7. The Morgan fingerprint density at radius 3 is 1.53 bits per heavy atom. The molecule has 0 unspecified atom stereocenters. The molecular weight excluding hydrogens is 858 g/mol. The van der Waals surface area contributed by atoms with Gasteiger partial charge in [-0.25, -0.2) is 28.0 Å². The number of hydrogen-bond acceptors (Lipinski definition) is 8. The molecular formula is C44H49Cl2N7O4S3. The first-order valence-corrected chi connectivity index (χ1v) is 23.3. The van der Waals surface area contributed by atoms with Crippen molar-refractivity contribution in [3.63, 3.8) is 0 Å². The van der Waals surface area contributed by atoms with E-state index in [9.17, 15) is 18.0 Å². The number of carbonyl (C=O) groups is 2. The number of carbonyl (C=O) groups excluding carboxylic acids is 2. The molecule has 2 heterocycles. The third kappa shape index (κ3) is 12.4. The van der Waals surface area contributed by atoms with Crippen molar-refractivity contribution in [2.24, 2.45) is 0 Å². The minimum atomic E-state index is -3.53. The van der Waals surface area contributed by atoms with Crippen LogP contribution in [0.5, 0.6) is 0 Å². The van der Waals surface area contributed by atoms with Crippen molar-refractivity contribution >= 4 is 79.3 Å². The number of thiazole rings is 2. The van der Waals surface area contributed by atoms with Crippen LogP contribution in [0.15, 0.2) is 119 Å². The van der Waals surface area contributed by atoms with E-state index in [1.807, 2.05) is 94.8 Å². The van der Waals surface area contributed by atoms with Crippen LogP contribution in [0.1, 0.15) is 52.7 Å². The molecule has 0 saturated carbocycles. The molecule has 0 aliphatic rings. The predicted molar refractivity (Wildman–Crippen MR) is 248 cm³/mol. The minimum absolute atomic E-state index is 0.0243. The fraction of sp³-hybridized carbons (Fsp3) is 0.273. The van der Waals surface area contributed by atoms with Gasteiger partial charge < -0.3 is 20.4 Å². The van der Waals surface area contributed by atoms with Gasteiger partial charge in [-0.15, -0.1) is 22.7 Å². The van der Waals surface area contributed by atoms with E-state index in [4.69, 9.17) is 23.2 Å². The van der Waals surface area contributed by atoms with E-state index in [0.717, 1.165) is 32.3 Å². The zero-order chi connectivity index (χ0) is 43.4. The van der Waals surface area contributed by atoms with Crippen LogP contribution in [-0.4, -0.2) is 69.7 Å². The van der Waals surface area contributed by atoms with Gasteiger partial charge in [0, 0.05) is 83.9 Å². The molecule has 0 spiro atoms. The Labute approximate surface area is 371 Å². The van der Waals surface area contributed by atoms with Gasteiger partial charge in [0.15, 0.2) is 0 Å². The van der Waals surface area contributed by atoms with Gasteiger partial charge in [0.25, 0.3) is 0 Å². The normalized spacial score (nSPS) is 11.3. The zero-order valence-electron chi connectivity index (χ0n) is 34.3. The smallest absolute Gasteiger partial charge is 0.318 e. The third-order valence-corrected chi connectivity index (χ3v) is 13.8. The SMILES string of the molecule is CC(C)N(Cc1cccc(-c2nccs2)c1)C(=O)Nc1ccc(Cl)c(Cl)c1.CCN(CC)S(=O)(=O)c1ccc(NC(=O)N(Cc2cccc(-c3nccs3)c2)C(C)C)cc1. The summed E-state index contributed by atoms with van der Waals surface area (Å²) in [5, 5.41) is 12.4. The molecule has 4 amide bonds. The third-order valence-electron chi connectivity index (χ3n) is 9.31. The number of nitrogens with one attached hydrogen (secondary N) is 2. The summed E-state index contributed by atoms with van der Waals surface area (Å²) < 4.78 is 26.7. The van der Waals surface area contributed by atoms with Crippen LogP contribution in [-0.2, 0) is 23.1 Å². The number of benzene rings is 4. The molecule has 60 heavy (non-hydrogen) atoms. The number of aromatic nitrogens is 2. The Balaban J connectivity index is 0.000000232. The summed E-state index contributed by atoms with van der Waals surface area (Å²) in [4.78, 5) is 38.3. The van der Waals surface area contributed by atoms with Gasteiger partial charge in [-0.3, -0.25) is 0 Å². The first-order valence-electron chi connectivity index (χ1n) is 19.4. The van der Waals surface area contributed by atoms with E-state index < -0.39 is 10.0 Å². The van der Waals surface area contributed by atoms with Crippen molar-refractivity contribution < 1.29 is 18.0 Å². The van der Waals surface area contributed by atoms with Gasteiger partial charge in [0.2, 0.25) is 10.0 Å². The number of sulfonamides is 1. The number of rotatable bonds is 14. The van der Waals surface area contributed by atoms with Crippen molar-refractivity contribution in [1.82, 2.24) is 24.1 Å². The molecule has 0 aliphatic heterocycles. The highest BCUT2D eigenvalue weighted by atomic mass is 35.5. The van der Waals surface area contributed by atoms with Gasteiger partial charge in [-0.05, 0) is 93.4 Å². The van der Waals surface area contributed by atoms with Gasteiger partial charge in [0.05, 0.1) is 14.9 Å². The molecule has 0 atom stereocenters. The maximum Gasteiger partial charge on any atom is 0.322 e. The summed E-state index contributed by atoms with van der Waals surface area (Å²) in [7, 11) is -3.53. The average Bonchev–Trinajstić information content (AvgIpc) is 3.98. The second-order valence-electron chi connectivity index (χ2n) is 14.1. The number of anilines is 2. The molecule has 4 aromatic carbocycles. The minimum Gasteiger partial charge on any atom is -0.318 e. The van der Waals surface area contributed by atoms with E-state index in [1.54, 1.807) is 75.2 Å². The molecule has 2 aromatic heterocycles. The topological polar surface area (TPSA) is 128 Å². The highest BCUT2D eigenvalue weighted by Crippen LogP contribution is 2.27. The molecule has 6 rings (SSSR count). The lowest BCUT2D eigenvalue weighted by Crippen LogP contribution is -2.39. The Morgan fingerprint density at radius 2 is 1.12 bits per heavy atom. The number of urea groups is 2. The summed E-state index contributed by atoms with van der Waals surface area (Å²) in [6.07, 6.45) is 3.57. The summed E-state index contributed by atoms with van der Waals surface area (Å²) in [5.41, 5.74) is 5.28. The molecule has 0 bridgehead atoms. The van der Waals surface area contributed by atoms with Crippen LogP contribution in [0, 0.1) is 0 Å². The van der Waals surface area contributed by atoms with E-state index in [1.165, 1.54) is 16.4 Å². The fourth-order valence-corrected chi connectivity index (χ4v) is 9.12. The molecule has 0 fully saturated rings. The van der Waals surface area contributed by atoms with E-state index in [2.05, 4.69) is 26.7 Å². The van der Waals surface area contributed by atoms with Gasteiger partial charge in [0.1, 0.15) is 10.0 Å². The number of halogens is 2. The lowest BCUT2D eigenvalue weighted by Gasteiger charge is -2.27. The molecule has 0 aliphatic carbocycles. The quantitative estimate of drug-likeness (QED) is 0.112. The number of amides is 4. The summed E-state index contributed by atoms with van der Waals surface area (Å²) in [6.45, 7) is 13.3. The maximum atomic E-state index is 13.0. The van der Waals surface area contributed by atoms with Crippen molar-refractivity contribution in [1.29, 1.82) is 0 Å². The molecule has 6 aromatic rings. The van der Waals surface area contributed by atoms with Crippen LogP contribution >= 0.6 is 45.9 Å². The van der Waals surface area contributed by atoms with E-state index in [-0.39, 0.29) is 29.0 Å². The van der Waals surface area contributed by atoms with Crippen LogP contribution in [0.2, 0.25) is 10.0 Å². The van der Waals surface area contributed by atoms with Gasteiger partial charge in [-0.2, -0.15) is 4.31 Å². The Hall–Kier alpha value is -4.83. The molecule has 0 radical (unpaired) electrons. The molecule has 16 heteroatoms. The largest absolute Gasteiger partial charge is 0.322 e. The van der Waals surface area contributed by atoms with Crippen molar-refractivity contribution in [2.45, 2.75) is 71.6 Å². The zero-order valence-corrected chi connectivity index (χ0v) is 38.3. The van der Waals surface area contributed by atoms with Crippen LogP contribution in [0.25, 0.3) is 21.1 Å². The highest BCUT2D eigenvalue weighted by molar-refractivity contribution is 7.89. The fourth-order valence-electron chi connectivity index (χ4n) is 6.10. The molecule has 11 nitrogen and oxygen atoms in total. The lowest BCUT2D eigenvalue weighted by molar-refractivity contribution is 0.193. The van der Waals surface area contributed by atoms with E-state index in [0.29, 0.717) is 47.6 Å². The predicted octanol–water partition coefficient (Wildman–Crippen LogP) is 11.8. The summed E-state index contributed by atoms with van der Waals surface area (Å²) in [6, 6.07) is 27.0. The first kappa shape index (κ1) is 46.2. The van der Waals surface area contributed by atoms with Gasteiger partial charge >= 0.3 is 12.1 Å². The Morgan fingerprint density at radius 1 is 0.650 bits per heavy atom. The van der Waals surface area contributed by atoms with Gasteiger partial charge in [-0.1, -0.05) is 73.4 Å². The number of nitrogens with zero attached hydrogens (tertiary/aromatic N) is 5. The van der Waals surface area contributed by atoms with Crippen LogP contribution in [0.3, 0.4) is 0 Å².